The molecule has 3 amide bonds. The van der Waals surface area contributed by atoms with Crippen LogP contribution in [-0.2, 0) is 27.2 Å². The van der Waals surface area contributed by atoms with Crippen molar-refractivity contribution in [2.75, 3.05) is 13.1 Å². The first-order valence-corrected chi connectivity index (χ1v) is 12.2. The Labute approximate surface area is 218 Å². The number of nitrogens with one attached hydrogen (secondary N) is 2. The molecule has 1 aromatic heterocycles. The molecule has 2 N–H and O–H groups in total. The van der Waals surface area contributed by atoms with Crippen molar-refractivity contribution >= 4 is 17.9 Å². The van der Waals surface area contributed by atoms with Crippen LogP contribution in [-0.4, -0.2) is 53.6 Å². The van der Waals surface area contributed by atoms with Crippen LogP contribution in [0.3, 0.4) is 0 Å². The number of ether oxygens (including phenoxy) is 1. The molecule has 1 fully saturated rings. The summed E-state index contributed by atoms with van der Waals surface area (Å²) in [4.78, 5) is 40.1. The maximum Gasteiger partial charge on any atom is 0.407 e. The third-order valence-corrected chi connectivity index (χ3v) is 5.88. The Kier molecular flexibility index (Phi) is 9.18. The largest absolute Gasteiger partial charge is 0.619 e. The van der Waals surface area contributed by atoms with Gasteiger partial charge in [0.05, 0.1) is 6.42 Å². The summed E-state index contributed by atoms with van der Waals surface area (Å²) in [6.45, 7) is 5.41. The Morgan fingerprint density at radius 1 is 1.21 bits per heavy atom. The molecule has 0 radical (unpaired) electrons. The minimum atomic E-state index is -1.37. The van der Waals surface area contributed by atoms with Gasteiger partial charge in [-0.3, -0.25) is 9.59 Å². The molecule has 12 heteroatoms. The number of hydrogen-bond acceptors (Lipinski definition) is 5. The lowest BCUT2D eigenvalue weighted by atomic mass is 10.0. The third-order valence-electron chi connectivity index (χ3n) is 5.88. The van der Waals surface area contributed by atoms with E-state index in [1.54, 1.807) is 32.9 Å². The maximum absolute atomic E-state index is 14.4. The van der Waals surface area contributed by atoms with Crippen LogP contribution < -0.4 is 15.4 Å². The molecule has 1 aromatic carbocycles. The van der Waals surface area contributed by atoms with Crippen LogP contribution in [0.4, 0.5) is 18.0 Å². The first-order valence-electron chi connectivity index (χ1n) is 12.2. The van der Waals surface area contributed by atoms with E-state index in [9.17, 15) is 32.8 Å². The molecule has 0 saturated carbocycles. The predicted molar refractivity (Wildman–Crippen MR) is 130 cm³/mol. The van der Waals surface area contributed by atoms with Gasteiger partial charge < -0.3 is 25.5 Å². The van der Waals surface area contributed by atoms with Crippen molar-refractivity contribution in [1.82, 2.24) is 15.5 Å². The molecule has 0 bridgehead atoms. The number of carbonyl (C=O) groups excluding carboxylic acids is 3. The molecule has 206 valence electrons. The second-order valence-corrected chi connectivity index (χ2v) is 10.1. The number of alkyl carbamates (subject to hydrolysis) is 1. The van der Waals surface area contributed by atoms with E-state index < -0.39 is 59.5 Å². The summed E-state index contributed by atoms with van der Waals surface area (Å²) in [5, 5.41) is 17.4. The number of aromatic nitrogens is 1. The second kappa shape index (κ2) is 12.1. The van der Waals surface area contributed by atoms with Gasteiger partial charge in [0, 0.05) is 43.8 Å². The highest BCUT2D eigenvalue weighted by molar-refractivity contribution is 5.88. The van der Waals surface area contributed by atoms with Gasteiger partial charge in [0.15, 0.2) is 23.5 Å². The molecular weight excluding hydrogens is 505 g/mol. The summed E-state index contributed by atoms with van der Waals surface area (Å²) in [6.07, 6.45) is 0.0466. The lowest BCUT2D eigenvalue weighted by Crippen LogP contribution is -2.52. The Hall–Kier alpha value is -3.83. The van der Waals surface area contributed by atoms with E-state index in [1.807, 2.05) is 0 Å². The number of nitrogens with zero attached hydrogens (tertiary/aromatic N) is 2. The summed E-state index contributed by atoms with van der Waals surface area (Å²) in [7, 11) is 0. The van der Waals surface area contributed by atoms with Crippen LogP contribution in [0.2, 0.25) is 0 Å². The van der Waals surface area contributed by atoms with Gasteiger partial charge in [-0.2, -0.15) is 4.73 Å². The molecule has 2 atom stereocenters. The summed E-state index contributed by atoms with van der Waals surface area (Å²) >= 11 is 0. The zero-order valence-corrected chi connectivity index (χ0v) is 21.4. The highest BCUT2D eigenvalue weighted by Crippen LogP contribution is 2.19. The van der Waals surface area contributed by atoms with E-state index in [-0.39, 0.29) is 30.6 Å². The van der Waals surface area contributed by atoms with Gasteiger partial charge in [0.25, 0.3) is 0 Å². The van der Waals surface area contributed by atoms with Crippen LogP contribution in [0.5, 0.6) is 0 Å². The molecule has 0 unspecified atom stereocenters. The van der Waals surface area contributed by atoms with Gasteiger partial charge in [0.2, 0.25) is 11.8 Å². The monoisotopic (exact) mass is 536 g/mol. The van der Waals surface area contributed by atoms with E-state index in [0.717, 1.165) is 0 Å². The maximum atomic E-state index is 14.4. The summed E-state index contributed by atoms with van der Waals surface area (Å²) < 4.78 is 47.5. The Morgan fingerprint density at radius 2 is 1.92 bits per heavy atom. The standard InChI is InChI=1S/C26H31F3N4O5/c1-26(2,3)38-25(36)31-17(11-16-12-20(28)21(29)15-19(16)27)13-23(34)32-9-6-8-30-24(35)22(32)14-18-7-4-5-10-33(18)37/h4-5,7,10,12,15,17,22H,6,8-9,11,13-14H2,1-3H3,(H,30,35)(H,31,36)/t17-,22-/m1/s1. The zero-order valence-electron chi connectivity index (χ0n) is 21.4. The number of benzene rings is 1. The van der Waals surface area contributed by atoms with Gasteiger partial charge in [-0.15, -0.1) is 0 Å². The fraction of sp³-hybridized carbons (Fsp3) is 0.462. The average Bonchev–Trinajstić information content (AvgIpc) is 2.99. The number of hydrogen-bond donors (Lipinski definition) is 2. The summed E-state index contributed by atoms with van der Waals surface area (Å²) in [6, 6.07) is 3.71. The molecule has 1 aliphatic rings. The van der Waals surface area contributed by atoms with Gasteiger partial charge in [-0.05, 0) is 45.2 Å². The van der Waals surface area contributed by atoms with E-state index in [4.69, 9.17) is 4.74 Å². The SMILES string of the molecule is CC(C)(C)OC(=O)N[C@@H](CC(=O)N1CCCNC(=O)[C@H]1Cc1cccc[n+]1[O-])Cc1cc(F)c(F)cc1F. The first kappa shape index (κ1) is 28.7. The quantitative estimate of drug-likeness (QED) is 0.321. The van der Waals surface area contributed by atoms with Crippen molar-refractivity contribution in [3.63, 3.8) is 0 Å². The Bertz CT molecular complexity index is 1190. The Morgan fingerprint density at radius 3 is 2.61 bits per heavy atom. The lowest BCUT2D eigenvalue weighted by Gasteiger charge is -2.30. The van der Waals surface area contributed by atoms with Crippen molar-refractivity contribution in [2.24, 2.45) is 0 Å². The lowest BCUT2D eigenvalue weighted by molar-refractivity contribution is -0.614. The molecule has 3 rings (SSSR count). The first-order chi connectivity index (χ1) is 17.8. The molecule has 38 heavy (non-hydrogen) atoms. The summed E-state index contributed by atoms with van der Waals surface area (Å²) in [5.41, 5.74) is -0.845. The van der Waals surface area contributed by atoms with Crippen LogP contribution in [0.25, 0.3) is 0 Å². The number of halogens is 3. The fourth-order valence-corrected chi connectivity index (χ4v) is 4.16. The second-order valence-electron chi connectivity index (χ2n) is 10.1. The summed E-state index contributed by atoms with van der Waals surface area (Å²) in [5.74, 6) is -4.67. The van der Waals surface area contributed by atoms with Crippen molar-refractivity contribution in [1.29, 1.82) is 0 Å². The van der Waals surface area contributed by atoms with Crippen LogP contribution in [0, 0.1) is 22.7 Å². The molecule has 0 aliphatic carbocycles. The smallest absolute Gasteiger partial charge is 0.407 e. The zero-order chi connectivity index (χ0) is 28.0. The number of rotatable bonds is 7. The molecule has 2 heterocycles. The van der Waals surface area contributed by atoms with Gasteiger partial charge in [-0.1, -0.05) is 6.07 Å². The molecule has 1 aliphatic heterocycles. The molecular formula is C26H31F3N4O5. The van der Waals surface area contributed by atoms with E-state index >= 15 is 0 Å². The highest BCUT2D eigenvalue weighted by Gasteiger charge is 2.35. The van der Waals surface area contributed by atoms with Crippen LogP contribution >= 0.6 is 0 Å². The third kappa shape index (κ3) is 7.83. The van der Waals surface area contributed by atoms with Crippen LogP contribution in [0.15, 0.2) is 36.5 Å². The Balaban J connectivity index is 1.86. The van der Waals surface area contributed by atoms with E-state index in [2.05, 4.69) is 10.6 Å². The number of carbonyl (C=O) groups is 3. The minimum absolute atomic E-state index is 0.0517. The topological polar surface area (TPSA) is 115 Å². The van der Waals surface area contributed by atoms with Crippen LogP contribution in [0.1, 0.15) is 44.9 Å². The van der Waals surface area contributed by atoms with Crippen molar-refractivity contribution in [3.05, 3.63) is 70.4 Å². The molecule has 1 saturated heterocycles. The minimum Gasteiger partial charge on any atom is -0.619 e. The van der Waals surface area contributed by atoms with Gasteiger partial charge in [-0.25, -0.2) is 18.0 Å². The number of amides is 3. The highest BCUT2D eigenvalue weighted by atomic mass is 19.2. The average molecular weight is 537 g/mol. The van der Waals surface area contributed by atoms with E-state index in [0.29, 0.717) is 29.8 Å². The van der Waals surface area contributed by atoms with Crippen molar-refractivity contribution in [3.8, 4) is 0 Å². The van der Waals surface area contributed by atoms with Gasteiger partial charge >= 0.3 is 6.09 Å². The molecule has 0 spiro atoms. The van der Waals surface area contributed by atoms with Gasteiger partial charge in [0.1, 0.15) is 17.5 Å². The normalized spacial score (nSPS) is 16.8. The number of pyridine rings is 1. The molecule has 2 aromatic rings. The fourth-order valence-electron chi connectivity index (χ4n) is 4.16. The van der Waals surface area contributed by atoms with Crippen molar-refractivity contribution in [2.45, 2.75) is 64.1 Å². The molecule has 9 nitrogen and oxygen atoms in total. The van der Waals surface area contributed by atoms with E-state index in [1.165, 1.54) is 17.2 Å². The predicted octanol–water partition coefficient (Wildman–Crippen LogP) is 2.52. The van der Waals surface area contributed by atoms with Crippen molar-refractivity contribution < 1.29 is 37.0 Å².